The van der Waals surface area contributed by atoms with E-state index in [9.17, 15) is 24.8 Å². The fourth-order valence-electron chi connectivity index (χ4n) is 5.22. The van der Waals surface area contributed by atoms with Crippen molar-refractivity contribution < 1.29 is 19.1 Å². The van der Waals surface area contributed by atoms with Gasteiger partial charge in [-0.2, -0.15) is 5.26 Å². The lowest BCUT2D eigenvalue weighted by Crippen LogP contribution is -2.49. The molecule has 0 atom stereocenters. The third kappa shape index (κ3) is 5.89. The molecule has 1 aliphatic heterocycles. The van der Waals surface area contributed by atoms with Gasteiger partial charge in [0.1, 0.15) is 23.0 Å². The summed E-state index contributed by atoms with van der Waals surface area (Å²) in [6.45, 7) is 1.44. The zero-order chi connectivity index (χ0) is 31.1. The number of carboxylic acid groups (broad SMARTS) is 1. The van der Waals surface area contributed by atoms with Crippen molar-refractivity contribution in [3.05, 3.63) is 79.4 Å². The molecular formula is C30H23BrClFN6O4S. The van der Waals surface area contributed by atoms with Crippen molar-refractivity contribution in [3.63, 3.8) is 0 Å². The molecule has 1 saturated carbocycles. The van der Waals surface area contributed by atoms with E-state index in [2.05, 4.69) is 25.9 Å². The Balaban J connectivity index is 1.15. The summed E-state index contributed by atoms with van der Waals surface area (Å²) in [5.41, 5.74) is 0.939. The smallest absolute Gasteiger partial charge is 0.341 e. The number of hydrogen-bond donors (Lipinski definition) is 1. The quantitative estimate of drug-likeness (QED) is 0.154. The van der Waals surface area contributed by atoms with E-state index in [-0.39, 0.29) is 44.5 Å². The highest BCUT2D eigenvalue weighted by Gasteiger charge is 2.29. The van der Waals surface area contributed by atoms with Crippen LogP contribution >= 0.6 is 39.3 Å². The highest BCUT2D eigenvalue weighted by Crippen LogP contribution is 2.38. The highest BCUT2D eigenvalue weighted by atomic mass is 79.9. The maximum Gasteiger partial charge on any atom is 0.341 e. The van der Waals surface area contributed by atoms with Gasteiger partial charge in [0.15, 0.2) is 10.3 Å². The maximum absolute atomic E-state index is 15.3. The number of nitrogens with zero attached hydrogens (tertiary/aromatic N) is 6. The molecule has 2 fully saturated rings. The Morgan fingerprint density at radius 2 is 1.84 bits per heavy atom. The first kappa shape index (κ1) is 30.1. The zero-order valence-corrected chi connectivity index (χ0v) is 26.1. The fourth-order valence-corrected chi connectivity index (χ4v) is 6.49. The van der Waals surface area contributed by atoms with Crippen molar-refractivity contribution >= 4 is 67.8 Å². The van der Waals surface area contributed by atoms with Crippen molar-refractivity contribution in [2.75, 3.05) is 36.8 Å². The Kier molecular flexibility index (Phi) is 8.32. The molecule has 6 rings (SSSR count). The summed E-state index contributed by atoms with van der Waals surface area (Å²) in [5, 5.41) is 19.4. The van der Waals surface area contributed by atoms with Crippen LogP contribution in [-0.2, 0) is 4.79 Å². The first-order chi connectivity index (χ1) is 21.1. The Morgan fingerprint density at radius 3 is 2.48 bits per heavy atom. The van der Waals surface area contributed by atoms with Gasteiger partial charge >= 0.3 is 5.97 Å². The van der Waals surface area contributed by atoms with E-state index in [0.717, 1.165) is 35.1 Å². The molecule has 4 aromatic rings. The van der Waals surface area contributed by atoms with Crippen LogP contribution in [0.1, 0.15) is 34.8 Å². The number of nitriles is 1. The number of carbonyl (C=O) groups is 2. The number of benzene rings is 2. The number of hydrogen-bond acceptors (Lipinski definition) is 8. The number of aromatic carboxylic acids is 1. The number of anilines is 1. The molecule has 14 heteroatoms. The largest absolute Gasteiger partial charge is 0.477 e. The molecule has 2 aromatic carbocycles. The normalized spacial score (nSPS) is 15.0. The van der Waals surface area contributed by atoms with Crippen LogP contribution in [0.2, 0.25) is 5.15 Å². The van der Waals surface area contributed by atoms with Gasteiger partial charge in [-0.1, -0.05) is 51.4 Å². The second-order valence-corrected chi connectivity index (χ2v) is 12.6. The Morgan fingerprint density at radius 1 is 1.14 bits per heavy atom. The number of halogens is 3. The third-order valence-electron chi connectivity index (χ3n) is 7.64. The van der Waals surface area contributed by atoms with Crippen molar-refractivity contribution in [2.24, 2.45) is 0 Å². The summed E-state index contributed by atoms with van der Waals surface area (Å²) in [6, 6.07) is 12.1. The minimum absolute atomic E-state index is 0.00711. The van der Waals surface area contributed by atoms with Crippen LogP contribution in [0.15, 0.2) is 57.0 Å². The Labute approximate surface area is 268 Å². The molecule has 44 heavy (non-hydrogen) atoms. The zero-order valence-electron chi connectivity index (χ0n) is 23.0. The van der Waals surface area contributed by atoms with Crippen LogP contribution in [0.25, 0.3) is 22.2 Å². The van der Waals surface area contributed by atoms with Gasteiger partial charge in [0.25, 0.3) is 0 Å². The molecular weight excluding hydrogens is 675 g/mol. The molecule has 0 unspecified atom stereocenters. The predicted octanol–water partition coefficient (Wildman–Crippen LogP) is 5.36. The maximum atomic E-state index is 15.3. The van der Waals surface area contributed by atoms with Crippen molar-refractivity contribution in [3.8, 4) is 17.3 Å². The van der Waals surface area contributed by atoms with Gasteiger partial charge < -0.3 is 19.5 Å². The van der Waals surface area contributed by atoms with Crippen LogP contribution in [0.3, 0.4) is 0 Å². The van der Waals surface area contributed by atoms with Crippen molar-refractivity contribution in [1.29, 1.82) is 5.26 Å². The molecule has 0 bridgehead atoms. The molecule has 1 saturated heterocycles. The first-order valence-corrected chi connectivity index (χ1v) is 15.8. The van der Waals surface area contributed by atoms with Gasteiger partial charge in [0.2, 0.25) is 11.3 Å². The average Bonchev–Trinajstić information content (AvgIpc) is 3.86. The minimum atomic E-state index is -1.34. The number of aromatic nitrogens is 3. The lowest BCUT2D eigenvalue weighted by Gasteiger charge is -2.36. The lowest BCUT2D eigenvalue weighted by atomic mass is 10.1. The number of fused-ring (bicyclic) bond motifs is 1. The van der Waals surface area contributed by atoms with Crippen LogP contribution < -0.4 is 10.3 Å². The van der Waals surface area contributed by atoms with E-state index >= 15 is 4.39 Å². The summed E-state index contributed by atoms with van der Waals surface area (Å²) >= 11 is 10.8. The number of amides is 1. The molecule has 0 radical (unpaired) electrons. The fraction of sp³-hybridized carbons (Fsp3) is 0.267. The van der Waals surface area contributed by atoms with Gasteiger partial charge in [0.05, 0.1) is 22.7 Å². The molecule has 3 heterocycles. The molecule has 1 amide bonds. The van der Waals surface area contributed by atoms with Gasteiger partial charge in [-0.3, -0.25) is 9.59 Å². The molecule has 1 N–H and O–H groups in total. The molecule has 0 spiro atoms. The molecule has 2 aliphatic rings. The predicted molar refractivity (Wildman–Crippen MR) is 168 cm³/mol. The molecule has 1 aliphatic carbocycles. The summed E-state index contributed by atoms with van der Waals surface area (Å²) in [4.78, 5) is 49.7. The molecule has 224 valence electrons. The van der Waals surface area contributed by atoms with Crippen LogP contribution in [0, 0.1) is 17.1 Å². The first-order valence-electron chi connectivity index (χ1n) is 13.7. The van der Waals surface area contributed by atoms with Gasteiger partial charge in [-0.25, -0.2) is 19.2 Å². The summed E-state index contributed by atoms with van der Waals surface area (Å²) in [5.74, 6) is -2.06. The van der Waals surface area contributed by atoms with E-state index in [1.54, 1.807) is 27.7 Å². The number of rotatable bonds is 7. The minimum Gasteiger partial charge on any atom is -0.477 e. The average molecular weight is 698 g/mol. The van der Waals surface area contributed by atoms with E-state index in [4.69, 9.17) is 11.6 Å². The van der Waals surface area contributed by atoms with E-state index in [1.165, 1.54) is 6.20 Å². The number of carboxylic acids is 1. The SMILES string of the molecule is N#Cc1c(Cl)nc(SCC(=O)N2CCN(c3cc4c(cc3F)c(=O)c(C(=O)O)cn4C3CC3)CC2)nc1-c1ccc(Br)cc1. The number of piperazine rings is 1. The van der Waals surface area contributed by atoms with E-state index in [1.807, 2.05) is 23.1 Å². The topological polar surface area (TPSA) is 132 Å². The Hall–Kier alpha value is -3.99. The highest BCUT2D eigenvalue weighted by molar-refractivity contribution is 9.10. The van der Waals surface area contributed by atoms with Gasteiger partial charge in [0, 0.05) is 53.8 Å². The number of carbonyl (C=O) groups excluding carboxylic acids is 1. The molecule has 10 nitrogen and oxygen atoms in total. The van der Waals surface area contributed by atoms with Crippen molar-refractivity contribution in [2.45, 2.75) is 24.0 Å². The van der Waals surface area contributed by atoms with Gasteiger partial charge in [-0.05, 0) is 37.1 Å². The monoisotopic (exact) mass is 696 g/mol. The number of pyridine rings is 1. The van der Waals surface area contributed by atoms with E-state index < -0.39 is 17.2 Å². The van der Waals surface area contributed by atoms with Gasteiger partial charge in [-0.15, -0.1) is 0 Å². The second-order valence-electron chi connectivity index (χ2n) is 10.4. The standard InChI is InChI=1S/C30H23BrClFN6O4S/c31-17-3-1-16(2-4-17)26-20(13-34)28(32)36-30(35-26)44-15-25(40)38-9-7-37(8-10-38)24-12-23-19(11-22(24)33)27(41)21(29(42)43)14-39(23)18-5-6-18/h1-4,11-12,14,18H,5-10,15H2,(H,42,43). The third-order valence-corrected chi connectivity index (χ3v) is 9.28. The molecule has 2 aromatic heterocycles. The summed E-state index contributed by atoms with van der Waals surface area (Å²) in [6.07, 6.45) is 3.06. The summed E-state index contributed by atoms with van der Waals surface area (Å²) in [7, 11) is 0. The Bertz CT molecular complexity index is 1920. The van der Waals surface area contributed by atoms with Crippen LogP contribution in [-0.4, -0.2) is 68.3 Å². The van der Waals surface area contributed by atoms with Crippen LogP contribution in [0.5, 0.6) is 0 Å². The lowest BCUT2D eigenvalue weighted by molar-refractivity contribution is -0.128. The van der Waals surface area contributed by atoms with E-state index in [0.29, 0.717) is 48.6 Å². The number of thioether (sulfide) groups is 1. The van der Waals surface area contributed by atoms with Crippen LogP contribution in [0.4, 0.5) is 10.1 Å². The second kappa shape index (κ2) is 12.2. The van der Waals surface area contributed by atoms with Crippen molar-refractivity contribution in [1.82, 2.24) is 19.4 Å². The summed E-state index contributed by atoms with van der Waals surface area (Å²) < 4.78 is 18.0.